The van der Waals surface area contributed by atoms with Crippen molar-refractivity contribution in [2.45, 2.75) is 39.7 Å². The van der Waals surface area contributed by atoms with Crippen LogP contribution in [-0.4, -0.2) is 22.8 Å². The Morgan fingerprint density at radius 3 is 2.30 bits per heavy atom. The van der Waals surface area contributed by atoms with Crippen LogP contribution < -0.4 is 5.32 Å². The van der Waals surface area contributed by atoms with Crippen molar-refractivity contribution in [3.8, 4) is 0 Å². The van der Waals surface area contributed by atoms with E-state index in [0.29, 0.717) is 5.56 Å². The molecule has 2 rings (SSSR count). The number of rotatable bonds is 8. The Hall–Kier alpha value is -2.95. The van der Waals surface area contributed by atoms with Gasteiger partial charge in [0.15, 0.2) is 5.78 Å². The van der Waals surface area contributed by atoms with Gasteiger partial charge in [0.1, 0.15) is 0 Å². The largest absolute Gasteiger partial charge is 0.481 e. The van der Waals surface area contributed by atoms with Crippen molar-refractivity contribution in [2.24, 2.45) is 5.92 Å². The number of nitrogens with one attached hydrogen (secondary N) is 1. The summed E-state index contributed by atoms with van der Waals surface area (Å²) in [7, 11) is 0. The standard InChI is InChI=1S/C22H25NO4/c1-14-9-10-15(2)18(13-14)19(24)11-12-20(25)23-21(16(3)22(26)27)17-7-5-4-6-8-17/h4-10,13,16,21H,11-12H2,1-3H3,(H,23,25)(H,26,27). The molecule has 2 N–H and O–H groups in total. The first-order chi connectivity index (χ1) is 12.8. The lowest BCUT2D eigenvalue weighted by atomic mass is 9.94. The summed E-state index contributed by atoms with van der Waals surface area (Å²) < 4.78 is 0. The number of carbonyl (C=O) groups excluding carboxylic acids is 2. The van der Waals surface area contributed by atoms with Crippen LogP contribution >= 0.6 is 0 Å². The van der Waals surface area contributed by atoms with Gasteiger partial charge >= 0.3 is 5.97 Å². The lowest BCUT2D eigenvalue weighted by Gasteiger charge is -2.23. The highest BCUT2D eigenvalue weighted by atomic mass is 16.4. The Balaban J connectivity index is 2.04. The van der Waals surface area contributed by atoms with Crippen molar-refractivity contribution in [3.63, 3.8) is 0 Å². The molecule has 2 unspecified atom stereocenters. The molecule has 0 heterocycles. The van der Waals surface area contributed by atoms with Crippen LogP contribution in [0.2, 0.25) is 0 Å². The van der Waals surface area contributed by atoms with E-state index in [2.05, 4.69) is 5.32 Å². The molecule has 0 radical (unpaired) electrons. The van der Waals surface area contributed by atoms with Crippen molar-refractivity contribution >= 4 is 17.7 Å². The summed E-state index contributed by atoms with van der Waals surface area (Å²) in [5.41, 5.74) is 3.23. The van der Waals surface area contributed by atoms with E-state index >= 15 is 0 Å². The van der Waals surface area contributed by atoms with E-state index in [0.717, 1.165) is 16.7 Å². The molecular weight excluding hydrogens is 342 g/mol. The van der Waals surface area contributed by atoms with Crippen LogP contribution in [0.15, 0.2) is 48.5 Å². The summed E-state index contributed by atoms with van der Waals surface area (Å²) in [6.45, 7) is 5.34. The molecule has 0 aliphatic rings. The number of ketones is 1. The van der Waals surface area contributed by atoms with E-state index in [1.54, 1.807) is 31.2 Å². The summed E-state index contributed by atoms with van der Waals surface area (Å²) >= 11 is 0. The predicted octanol–water partition coefficient (Wildman–Crippen LogP) is 3.84. The first-order valence-corrected chi connectivity index (χ1v) is 8.97. The van der Waals surface area contributed by atoms with Crippen molar-refractivity contribution < 1.29 is 19.5 Å². The Morgan fingerprint density at radius 2 is 1.67 bits per heavy atom. The molecule has 0 bridgehead atoms. The minimum atomic E-state index is -0.990. The predicted molar refractivity (Wildman–Crippen MR) is 104 cm³/mol. The second-order valence-electron chi connectivity index (χ2n) is 6.82. The molecule has 5 heteroatoms. The molecule has 0 aliphatic heterocycles. The van der Waals surface area contributed by atoms with Gasteiger partial charge in [-0.15, -0.1) is 0 Å². The van der Waals surface area contributed by atoms with Gasteiger partial charge in [0.25, 0.3) is 0 Å². The first kappa shape index (κ1) is 20.4. The lowest BCUT2D eigenvalue weighted by molar-refractivity contribution is -0.142. The molecule has 0 spiro atoms. The highest BCUT2D eigenvalue weighted by Gasteiger charge is 2.26. The zero-order chi connectivity index (χ0) is 20.0. The van der Waals surface area contributed by atoms with Crippen LogP contribution in [0.3, 0.4) is 0 Å². The van der Waals surface area contributed by atoms with E-state index in [4.69, 9.17) is 0 Å². The monoisotopic (exact) mass is 367 g/mol. The molecule has 0 saturated carbocycles. The summed E-state index contributed by atoms with van der Waals surface area (Å²) in [6.07, 6.45) is 0.0982. The SMILES string of the molecule is Cc1ccc(C)c(C(=O)CCC(=O)NC(c2ccccc2)C(C)C(=O)O)c1. The summed E-state index contributed by atoms with van der Waals surface area (Å²) in [5, 5.41) is 12.1. The van der Waals surface area contributed by atoms with E-state index in [1.807, 2.05) is 38.1 Å². The average Bonchev–Trinajstić information content (AvgIpc) is 2.66. The Kier molecular flexibility index (Phi) is 6.88. The van der Waals surface area contributed by atoms with Gasteiger partial charge < -0.3 is 10.4 Å². The molecule has 0 saturated heterocycles. The van der Waals surface area contributed by atoms with Gasteiger partial charge in [-0.25, -0.2) is 0 Å². The molecule has 2 atom stereocenters. The summed E-state index contributed by atoms with van der Waals surface area (Å²) in [6, 6.07) is 14.0. The highest BCUT2D eigenvalue weighted by molar-refractivity contribution is 5.99. The lowest BCUT2D eigenvalue weighted by Crippen LogP contribution is -2.35. The zero-order valence-electron chi connectivity index (χ0n) is 15.9. The smallest absolute Gasteiger partial charge is 0.308 e. The third kappa shape index (κ3) is 5.51. The number of benzene rings is 2. The number of carboxylic acid groups (broad SMARTS) is 1. The number of hydrogen-bond donors (Lipinski definition) is 2. The molecule has 0 aromatic heterocycles. The van der Waals surface area contributed by atoms with Crippen LogP contribution in [0.5, 0.6) is 0 Å². The average molecular weight is 367 g/mol. The minimum Gasteiger partial charge on any atom is -0.481 e. The van der Waals surface area contributed by atoms with Gasteiger partial charge in [-0.3, -0.25) is 14.4 Å². The number of aryl methyl sites for hydroxylation is 2. The Labute approximate surface area is 159 Å². The van der Waals surface area contributed by atoms with Crippen LogP contribution in [0.4, 0.5) is 0 Å². The van der Waals surface area contributed by atoms with Crippen LogP contribution in [0.1, 0.15) is 52.9 Å². The Morgan fingerprint density at radius 1 is 1.00 bits per heavy atom. The third-order valence-corrected chi connectivity index (χ3v) is 4.64. The van der Waals surface area contributed by atoms with E-state index < -0.39 is 17.9 Å². The van der Waals surface area contributed by atoms with Crippen LogP contribution in [0, 0.1) is 19.8 Å². The van der Waals surface area contributed by atoms with Gasteiger partial charge in [0.2, 0.25) is 5.91 Å². The van der Waals surface area contributed by atoms with Crippen molar-refractivity contribution in [2.75, 3.05) is 0 Å². The third-order valence-electron chi connectivity index (χ3n) is 4.64. The molecule has 0 aliphatic carbocycles. The number of amides is 1. The molecule has 142 valence electrons. The fraction of sp³-hybridized carbons (Fsp3) is 0.318. The topological polar surface area (TPSA) is 83.5 Å². The van der Waals surface area contributed by atoms with Gasteiger partial charge in [0, 0.05) is 18.4 Å². The van der Waals surface area contributed by atoms with Crippen LogP contribution in [0.25, 0.3) is 0 Å². The van der Waals surface area contributed by atoms with Gasteiger partial charge in [0.05, 0.1) is 12.0 Å². The maximum absolute atomic E-state index is 12.4. The van der Waals surface area contributed by atoms with Gasteiger partial charge in [-0.2, -0.15) is 0 Å². The molecular formula is C22H25NO4. The maximum Gasteiger partial charge on any atom is 0.308 e. The highest BCUT2D eigenvalue weighted by Crippen LogP contribution is 2.22. The zero-order valence-corrected chi connectivity index (χ0v) is 15.9. The molecule has 5 nitrogen and oxygen atoms in total. The first-order valence-electron chi connectivity index (χ1n) is 8.97. The normalized spacial score (nSPS) is 12.9. The van der Waals surface area contributed by atoms with E-state index in [1.165, 1.54) is 0 Å². The van der Waals surface area contributed by atoms with Crippen molar-refractivity contribution in [1.29, 1.82) is 0 Å². The molecule has 0 fully saturated rings. The fourth-order valence-electron chi connectivity index (χ4n) is 2.94. The van der Waals surface area contributed by atoms with E-state index in [-0.39, 0.29) is 24.5 Å². The number of carbonyl (C=O) groups is 3. The second kappa shape index (κ2) is 9.12. The fourth-order valence-corrected chi connectivity index (χ4v) is 2.94. The second-order valence-corrected chi connectivity index (χ2v) is 6.82. The van der Waals surface area contributed by atoms with Gasteiger partial charge in [-0.1, -0.05) is 48.0 Å². The number of aliphatic carboxylic acids is 1. The molecule has 27 heavy (non-hydrogen) atoms. The number of hydrogen-bond acceptors (Lipinski definition) is 3. The molecule has 2 aromatic rings. The van der Waals surface area contributed by atoms with E-state index in [9.17, 15) is 19.5 Å². The minimum absolute atomic E-state index is 0.0158. The van der Waals surface area contributed by atoms with Crippen molar-refractivity contribution in [1.82, 2.24) is 5.32 Å². The summed E-state index contributed by atoms with van der Waals surface area (Å²) in [4.78, 5) is 36.2. The quantitative estimate of drug-likeness (QED) is 0.694. The number of Topliss-reactive ketones (excluding diaryl/α,β-unsaturated/α-hetero) is 1. The summed E-state index contributed by atoms with van der Waals surface area (Å²) in [5.74, 6) is -2.20. The van der Waals surface area contributed by atoms with Gasteiger partial charge in [-0.05, 0) is 38.0 Å². The van der Waals surface area contributed by atoms with Crippen LogP contribution in [-0.2, 0) is 9.59 Å². The molecule has 2 aromatic carbocycles. The number of carboxylic acids is 1. The molecule has 1 amide bonds. The Bertz CT molecular complexity index is 829. The van der Waals surface area contributed by atoms with Crippen molar-refractivity contribution in [3.05, 3.63) is 70.8 Å². The maximum atomic E-state index is 12.4.